The number of hydrogen-bond acceptors (Lipinski definition) is 6. The van der Waals surface area contributed by atoms with Gasteiger partial charge in [0.15, 0.2) is 0 Å². The summed E-state index contributed by atoms with van der Waals surface area (Å²) in [7, 11) is 0. The lowest BCUT2D eigenvalue weighted by Crippen LogP contribution is -2.50. The lowest BCUT2D eigenvalue weighted by molar-refractivity contribution is -0.143. The molecule has 2 aliphatic rings. The fraction of sp³-hybridized carbons (Fsp3) is 0.833. The zero-order valence-corrected chi connectivity index (χ0v) is 13.5. The molecule has 8 heteroatoms. The van der Waals surface area contributed by atoms with E-state index in [2.05, 4.69) is 5.43 Å². The number of carboxylic acids is 1. The summed E-state index contributed by atoms with van der Waals surface area (Å²) in [4.78, 5) is 23.2. The Labute approximate surface area is 126 Å². The van der Waals surface area contributed by atoms with Gasteiger partial charge >= 0.3 is 12.1 Å². The number of hydrazine groups is 1. The second-order valence-electron chi connectivity index (χ2n) is 5.91. The van der Waals surface area contributed by atoms with Crippen LogP contribution >= 0.6 is 23.5 Å². The van der Waals surface area contributed by atoms with Crippen LogP contribution in [0.1, 0.15) is 27.2 Å². The average molecular weight is 320 g/mol. The van der Waals surface area contributed by atoms with Crippen LogP contribution in [0.5, 0.6) is 0 Å². The number of rotatable bonds is 2. The maximum Gasteiger partial charge on any atom is 0.422 e. The molecule has 0 aromatic heterocycles. The summed E-state index contributed by atoms with van der Waals surface area (Å²) in [6, 6.07) is -0.694. The first-order chi connectivity index (χ1) is 9.21. The molecule has 0 aromatic carbocycles. The van der Waals surface area contributed by atoms with E-state index in [-0.39, 0.29) is 4.08 Å². The van der Waals surface area contributed by atoms with Crippen molar-refractivity contribution in [2.24, 2.45) is 0 Å². The molecule has 0 aromatic rings. The molecule has 2 saturated heterocycles. The molecule has 1 spiro atoms. The van der Waals surface area contributed by atoms with Gasteiger partial charge in [-0.3, -0.25) is 10.2 Å². The third-order valence-corrected chi connectivity index (χ3v) is 6.45. The predicted octanol–water partition coefficient (Wildman–Crippen LogP) is 1.76. The van der Waals surface area contributed by atoms with Gasteiger partial charge in [-0.15, -0.1) is 23.5 Å². The molecule has 0 bridgehead atoms. The Morgan fingerprint density at radius 1 is 1.35 bits per heavy atom. The molecule has 2 aliphatic heterocycles. The first kappa shape index (κ1) is 15.8. The van der Waals surface area contributed by atoms with Crippen LogP contribution in [-0.2, 0) is 9.53 Å². The van der Waals surface area contributed by atoms with E-state index < -0.39 is 23.7 Å². The van der Waals surface area contributed by atoms with Gasteiger partial charge < -0.3 is 9.84 Å². The van der Waals surface area contributed by atoms with Crippen molar-refractivity contribution in [1.82, 2.24) is 10.4 Å². The number of nitrogens with one attached hydrogen (secondary N) is 1. The van der Waals surface area contributed by atoms with Gasteiger partial charge in [-0.05, 0) is 20.8 Å². The van der Waals surface area contributed by atoms with Crippen molar-refractivity contribution >= 4 is 35.6 Å². The van der Waals surface area contributed by atoms with Crippen molar-refractivity contribution in [2.75, 3.05) is 18.1 Å². The molecule has 1 amide bonds. The van der Waals surface area contributed by atoms with Gasteiger partial charge in [0, 0.05) is 24.5 Å². The quantitative estimate of drug-likeness (QED) is 0.802. The highest BCUT2D eigenvalue weighted by atomic mass is 32.2. The maximum atomic E-state index is 11.8. The van der Waals surface area contributed by atoms with Gasteiger partial charge in [0.05, 0.1) is 4.08 Å². The van der Waals surface area contributed by atoms with Crippen LogP contribution in [0, 0.1) is 0 Å². The summed E-state index contributed by atoms with van der Waals surface area (Å²) >= 11 is 3.57. The summed E-state index contributed by atoms with van der Waals surface area (Å²) in [5, 5.41) is 10.8. The Bertz CT molecular complexity index is 405. The number of carbonyl (C=O) groups excluding carboxylic acids is 1. The number of ether oxygens (including phenoxy) is 1. The van der Waals surface area contributed by atoms with Crippen molar-refractivity contribution in [2.45, 2.75) is 42.9 Å². The van der Waals surface area contributed by atoms with Gasteiger partial charge in [-0.25, -0.2) is 9.80 Å². The van der Waals surface area contributed by atoms with Crippen molar-refractivity contribution in [1.29, 1.82) is 0 Å². The van der Waals surface area contributed by atoms with E-state index in [0.717, 1.165) is 11.5 Å². The molecule has 20 heavy (non-hydrogen) atoms. The minimum atomic E-state index is -0.911. The van der Waals surface area contributed by atoms with E-state index in [4.69, 9.17) is 4.74 Å². The zero-order chi connectivity index (χ0) is 15.0. The highest BCUT2D eigenvalue weighted by Gasteiger charge is 2.50. The van der Waals surface area contributed by atoms with Crippen LogP contribution in [0.25, 0.3) is 0 Å². The minimum absolute atomic E-state index is 0.113. The maximum absolute atomic E-state index is 11.8. The Balaban J connectivity index is 2.01. The summed E-state index contributed by atoms with van der Waals surface area (Å²) in [6.45, 7) is 5.85. The second-order valence-corrected chi connectivity index (χ2v) is 9.12. The minimum Gasteiger partial charge on any atom is -0.480 e. The van der Waals surface area contributed by atoms with Crippen molar-refractivity contribution < 1.29 is 19.4 Å². The third-order valence-electron chi connectivity index (χ3n) is 3.02. The van der Waals surface area contributed by atoms with Crippen molar-refractivity contribution in [3.63, 3.8) is 0 Å². The van der Waals surface area contributed by atoms with E-state index >= 15 is 0 Å². The summed E-state index contributed by atoms with van der Waals surface area (Å²) in [5.41, 5.74) is 1.98. The van der Waals surface area contributed by atoms with Gasteiger partial charge in [-0.1, -0.05) is 0 Å². The number of hydrogen-bond donors (Lipinski definition) is 2. The number of carbonyl (C=O) groups is 2. The highest BCUT2D eigenvalue weighted by Crippen LogP contribution is 2.51. The molecular formula is C12H20N2O4S2. The molecule has 2 heterocycles. The van der Waals surface area contributed by atoms with E-state index in [0.29, 0.717) is 13.0 Å². The summed E-state index contributed by atoms with van der Waals surface area (Å²) in [6.07, 6.45) is -0.0678. The monoisotopic (exact) mass is 320 g/mol. The largest absolute Gasteiger partial charge is 0.480 e. The Morgan fingerprint density at radius 3 is 2.45 bits per heavy atom. The smallest absolute Gasteiger partial charge is 0.422 e. The molecule has 0 radical (unpaired) electrons. The predicted molar refractivity (Wildman–Crippen MR) is 79.8 cm³/mol. The number of nitrogens with zero attached hydrogens (tertiary/aromatic N) is 1. The summed E-state index contributed by atoms with van der Waals surface area (Å²) in [5.74, 6) is 1.14. The van der Waals surface area contributed by atoms with E-state index in [1.165, 1.54) is 5.01 Å². The second kappa shape index (κ2) is 5.65. The average Bonchev–Trinajstić information content (AvgIpc) is 2.84. The molecule has 0 saturated carbocycles. The molecule has 2 N–H and O–H groups in total. The lowest BCUT2D eigenvalue weighted by atomic mass is 10.2. The number of amides is 1. The van der Waals surface area contributed by atoms with Gasteiger partial charge in [0.1, 0.15) is 11.6 Å². The van der Waals surface area contributed by atoms with Crippen LogP contribution in [-0.4, -0.2) is 56.0 Å². The molecule has 0 aliphatic carbocycles. The first-order valence-electron chi connectivity index (χ1n) is 6.48. The Kier molecular flexibility index (Phi) is 4.46. The van der Waals surface area contributed by atoms with Crippen LogP contribution < -0.4 is 5.43 Å². The molecule has 2 fully saturated rings. The molecule has 2 rings (SSSR count). The van der Waals surface area contributed by atoms with Gasteiger partial charge in [0.25, 0.3) is 0 Å². The van der Waals surface area contributed by atoms with Crippen molar-refractivity contribution in [3.05, 3.63) is 0 Å². The van der Waals surface area contributed by atoms with Gasteiger partial charge in [0.2, 0.25) is 0 Å². The third kappa shape index (κ3) is 3.73. The fourth-order valence-electron chi connectivity index (χ4n) is 2.30. The van der Waals surface area contributed by atoms with E-state index in [1.807, 2.05) is 0 Å². The Morgan fingerprint density at radius 2 is 1.95 bits per heavy atom. The Hall–Kier alpha value is -0.600. The highest BCUT2D eigenvalue weighted by molar-refractivity contribution is 8.21. The van der Waals surface area contributed by atoms with Crippen LogP contribution in [0.4, 0.5) is 4.79 Å². The topological polar surface area (TPSA) is 78.9 Å². The normalized spacial score (nSPS) is 25.9. The summed E-state index contributed by atoms with van der Waals surface area (Å²) < 4.78 is 5.07. The van der Waals surface area contributed by atoms with Crippen molar-refractivity contribution in [3.8, 4) is 0 Å². The van der Waals surface area contributed by atoms with E-state index in [9.17, 15) is 14.7 Å². The number of thioether (sulfide) groups is 2. The number of aliphatic carboxylic acids is 1. The van der Waals surface area contributed by atoms with Gasteiger partial charge in [-0.2, -0.15) is 0 Å². The van der Waals surface area contributed by atoms with Crippen LogP contribution in [0.2, 0.25) is 0 Å². The standard InChI is InChI=1S/C12H20N2O4S2/c1-11(2,3)18-10(17)13-14-7-12(19-4-5-20-12)6-8(14)9(15)16/h8H,4-7H2,1-3H3,(H,13,17)(H,15,16)/t8-/m0/s1. The van der Waals surface area contributed by atoms with Crippen LogP contribution in [0.15, 0.2) is 0 Å². The molecule has 6 nitrogen and oxygen atoms in total. The molecule has 114 valence electrons. The lowest BCUT2D eigenvalue weighted by Gasteiger charge is -2.26. The number of carboxylic acid groups (broad SMARTS) is 1. The van der Waals surface area contributed by atoms with Crippen LogP contribution in [0.3, 0.4) is 0 Å². The van der Waals surface area contributed by atoms with E-state index in [1.54, 1.807) is 44.3 Å². The first-order valence-corrected chi connectivity index (χ1v) is 8.45. The fourth-order valence-corrected chi connectivity index (χ4v) is 5.56. The molecular weight excluding hydrogens is 300 g/mol. The SMILES string of the molecule is CC(C)(C)OC(=O)NN1CC2(C[C@H]1C(=O)O)SCCS2. The molecule has 0 unspecified atom stereocenters. The molecule has 1 atom stereocenters. The zero-order valence-electron chi connectivity index (χ0n) is 11.8.